The van der Waals surface area contributed by atoms with Gasteiger partial charge in [-0.15, -0.1) is 13.2 Å². The number of nitriles is 1. The second kappa shape index (κ2) is 9.85. The third-order valence-electron chi connectivity index (χ3n) is 6.38. The molecule has 0 aliphatic carbocycles. The van der Waals surface area contributed by atoms with Gasteiger partial charge < -0.3 is 14.0 Å². The molecule has 0 spiro atoms. The van der Waals surface area contributed by atoms with E-state index in [1.54, 1.807) is 49.7 Å². The van der Waals surface area contributed by atoms with Crippen molar-refractivity contribution < 1.29 is 32.0 Å². The lowest BCUT2D eigenvalue weighted by Crippen LogP contribution is -2.18. The Balaban J connectivity index is 1.89. The first-order chi connectivity index (χ1) is 19.0. The van der Waals surface area contributed by atoms with Crippen LogP contribution in [0.5, 0.6) is 5.75 Å². The van der Waals surface area contributed by atoms with E-state index in [0.717, 1.165) is 13.2 Å². The van der Waals surface area contributed by atoms with Gasteiger partial charge in [-0.1, -0.05) is 5.16 Å². The minimum atomic E-state index is -5.05. The third-order valence-corrected chi connectivity index (χ3v) is 6.38. The van der Waals surface area contributed by atoms with E-state index in [2.05, 4.69) is 30.7 Å². The number of pyridine rings is 2. The number of carbonyl (C=O) groups excluding carboxylic acids is 1. The Kier molecular flexibility index (Phi) is 6.51. The quantitative estimate of drug-likeness (QED) is 0.238. The van der Waals surface area contributed by atoms with Crippen LogP contribution in [0.3, 0.4) is 0 Å². The van der Waals surface area contributed by atoms with E-state index in [-0.39, 0.29) is 22.5 Å². The average Bonchev–Trinajstić information content (AvgIpc) is 3.41. The summed E-state index contributed by atoms with van der Waals surface area (Å²) in [4.78, 5) is 21.2. The van der Waals surface area contributed by atoms with Gasteiger partial charge in [0.2, 0.25) is 0 Å². The highest BCUT2D eigenvalue weighted by Crippen LogP contribution is 2.43. The van der Waals surface area contributed by atoms with Crippen LogP contribution in [0.25, 0.3) is 39.1 Å². The molecule has 9 nitrogen and oxygen atoms in total. The van der Waals surface area contributed by atoms with Crippen LogP contribution in [-0.2, 0) is 4.74 Å². The molecule has 0 amide bonds. The minimum absolute atomic E-state index is 0.0402. The number of halogens is 3. The van der Waals surface area contributed by atoms with Gasteiger partial charge in [-0.2, -0.15) is 5.26 Å². The number of nitrogens with zero attached hydrogens (tertiary/aromatic N) is 5. The Hall–Kier alpha value is -5.18. The molecule has 202 valence electrons. The highest BCUT2D eigenvalue weighted by atomic mass is 19.4. The summed E-state index contributed by atoms with van der Waals surface area (Å²) in [6, 6.07) is 10.7. The maximum Gasteiger partial charge on any atom is 0.573 e. The highest BCUT2D eigenvalue weighted by molar-refractivity contribution is 6.01. The van der Waals surface area contributed by atoms with E-state index >= 15 is 0 Å². The second-order valence-corrected chi connectivity index (χ2v) is 8.83. The van der Waals surface area contributed by atoms with E-state index in [9.17, 15) is 23.2 Å². The molecule has 5 rings (SSSR count). The van der Waals surface area contributed by atoms with Gasteiger partial charge >= 0.3 is 12.3 Å². The lowest BCUT2D eigenvalue weighted by molar-refractivity contribution is -0.274. The lowest BCUT2D eigenvalue weighted by atomic mass is 9.98. The van der Waals surface area contributed by atoms with Gasteiger partial charge in [0.25, 0.3) is 0 Å². The molecule has 0 radical (unpaired) electrons. The summed E-state index contributed by atoms with van der Waals surface area (Å²) < 4.78 is 56.7. The first kappa shape index (κ1) is 26.4. The molecule has 4 heterocycles. The standard InChI is InChI=1S/C28H20F3N5O4/c1-14-23(16(3)40-35-14)19-10-21-24(20-8-7-17(27(37)38-4)11-22(20)39-28(29,30)31)15(2)36(26(21)34-13-19)25-18(12-32)6-5-9-33-25/h5-11,13H,1-4H3. The second-order valence-electron chi connectivity index (χ2n) is 8.83. The third kappa shape index (κ3) is 4.51. The zero-order valence-corrected chi connectivity index (χ0v) is 21.6. The first-order valence-corrected chi connectivity index (χ1v) is 11.8. The number of aryl methyl sites for hydroxylation is 2. The van der Waals surface area contributed by atoms with Crippen molar-refractivity contribution in [3.63, 3.8) is 0 Å². The van der Waals surface area contributed by atoms with Crippen LogP contribution in [0.2, 0.25) is 0 Å². The number of rotatable bonds is 5. The Morgan fingerprint density at radius 2 is 1.88 bits per heavy atom. The number of carbonyl (C=O) groups is 1. The Labute approximate surface area is 225 Å². The molecule has 40 heavy (non-hydrogen) atoms. The normalized spacial score (nSPS) is 11.4. The van der Waals surface area contributed by atoms with Crippen molar-refractivity contribution in [1.29, 1.82) is 5.26 Å². The van der Waals surface area contributed by atoms with Gasteiger partial charge in [-0.3, -0.25) is 4.57 Å². The van der Waals surface area contributed by atoms with Crippen LogP contribution in [0.15, 0.2) is 53.3 Å². The molecule has 1 aromatic carbocycles. The Bertz CT molecular complexity index is 1810. The highest BCUT2D eigenvalue weighted by Gasteiger charge is 2.34. The monoisotopic (exact) mass is 547 g/mol. The molecule has 0 N–H and O–H groups in total. The predicted molar refractivity (Wildman–Crippen MR) is 137 cm³/mol. The van der Waals surface area contributed by atoms with Crippen molar-refractivity contribution in [2.75, 3.05) is 7.11 Å². The van der Waals surface area contributed by atoms with Crippen LogP contribution in [0, 0.1) is 32.1 Å². The molecule has 0 saturated heterocycles. The van der Waals surface area contributed by atoms with Crippen LogP contribution < -0.4 is 4.74 Å². The fourth-order valence-electron chi connectivity index (χ4n) is 4.76. The van der Waals surface area contributed by atoms with Gasteiger partial charge in [-0.05, 0) is 57.2 Å². The molecule has 5 aromatic rings. The van der Waals surface area contributed by atoms with Crippen molar-refractivity contribution in [2.24, 2.45) is 0 Å². The van der Waals surface area contributed by atoms with E-state index in [1.165, 1.54) is 18.3 Å². The average molecular weight is 547 g/mol. The van der Waals surface area contributed by atoms with E-state index in [4.69, 9.17) is 4.52 Å². The van der Waals surface area contributed by atoms with E-state index in [0.29, 0.717) is 44.9 Å². The summed E-state index contributed by atoms with van der Waals surface area (Å²) in [5.41, 5.74) is 3.18. The zero-order valence-electron chi connectivity index (χ0n) is 21.6. The van der Waals surface area contributed by atoms with Crippen molar-refractivity contribution in [3.05, 3.63) is 77.1 Å². The molecular formula is C28H20F3N5O4. The fourth-order valence-corrected chi connectivity index (χ4v) is 4.76. The van der Waals surface area contributed by atoms with Crippen LogP contribution in [0.4, 0.5) is 13.2 Å². The van der Waals surface area contributed by atoms with E-state index < -0.39 is 18.1 Å². The summed E-state index contributed by atoms with van der Waals surface area (Å²) in [5.74, 6) is -0.647. The summed E-state index contributed by atoms with van der Waals surface area (Å²) in [6.45, 7) is 5.18. The molecule has 0 aliphatic heterocycles. The van der Waals surface area contributed by atoms with Crippen LogP contribution in [-0.4, -0.2) is 39.1 Å². The number of hydrogen-bond acceptors (Lipinski definition) is 8. The molecule has 4 aromatic heterocycles. The molecule has 0 saturated carbocycles. The maximum absolute atomic E-state index is 13.6. The lowest BCUT2D eigenvalue weighted by Gasteiger charge is -2.15. The number of aromatic nitrogens is 4. The maximum atomic E-state index is 13.6. The van der Waals surface area contributed by atoms with Crippen LogP contribution >= 0.6 is 0 Å². The zero-order chi connectivity index (χ0) is 28.8. The molecule has 12 heteroatoms. The summed E-state index contributed by atoms with van der Waals surface area (Å²) in [7, 11) is 1.12. The van der Waals surface area contributed by atoms with Crippen molar-refractivity contribution in [1.82, 2.24) is 19.7 Å². The van der Waals surface area contributed by atoms with E-state index in [1.807, 2.05) is 0 Å². The van der Waals surface area contributed by atoms with Gasteiger partial charge in [0.05, 0.1) is 23.9 Å². The van der Waals surface area contributed by atoms with Gasteiger partial charge in [0.15, 0.2) is 5.82 Å². The number of benzene rings is 1. The molecule has 0 aliphatic rings. The minimum Gasteiger partial charge on any atom is -0.465 e. The first-order valence-electron chi connectivity index (χ1n) is 11.8. The Morgan fingerprint density at radius 1 is 1.10 bits per heavy atom. The van der Waals surface area contributed by atoms with Gasteiger partial charge in [0.1, 0.15) is 23.2 Å². The van der Waals surface area contributed by atoms with Gasteiger partial charge in [-0.25, -0.2) is 14.8 Å². The number of ether oxygens (including phenoxy) is 2. The topological polar surface area (TPSA) is 116 Å². The largest absolute Gasteiger partial charge is 0.573 e. The van der Waals surface area contributed by atoms with Crippen molar-refractivity contribution in [2.45, 2.75) is 27.1 Å². The molecule has 0 bridgehead atoms. The molecule has 0 unspecified atom stereocenters. The Morgan fingerprint density at radius 3 is 2.52 bits per heavy atom. The predicted octanol–water partition coefficient (Wildman–Crippen LogP) is 6.22. The smallest absolute Gasteiger partial charge is 0.465 e. The molecule has 0 fully saturated rings. The summed E-state index contributed by atoms with van der Waals surface area (Å²) in [6.07, 6.45) is -1.95. The number of hydrogen-bond donors (Lipinski definition) is 0. The van der Waals surface area contributed by atoms with Crippen molar-refractivity contribution >= 4 is 17.0 Å². The number of fused-ring (bicyclic) bond motifs is 1. The van der Waals surface area contributed by atoms with Crippen LogP contribution in [0.1, 0.15) is 33.1 Å². The van der Waals surface area contributed by atoms with Gasteiger partial charge in [0, 0.05) is 45.7 Å². The number of methoxy groups -OCH3 is 1. The SMILES string of the molecule is COC(=O)c1ccc(-c2c(C)n(-c3ncccc3C#N)c3ncc(-c4c(C)noc4C)cc23)c(OC(F)(F)F)c1. The summed E-state index contributed by atoms with van der Waals surface area (Å²) in [5, 5.41) is 14.2. The molecular weight excluding hydrogens is 527 g/mol. The molecule has 0 atom stereocenters. The van der Waals surface area contributed by atoms with Crippen molar-refractivity contribution in [3.8, 4) is 39.9 Å². The number of esters is 1. The number of alkyl halides is 3. The summed E-state index contributed by atoms with van der Waals surface area (Å²) >= 11 is 0. The fraction of sp³-hybridized carbons (Fsp3) is 0.179.